The zero-order valence-electron chi connectivity index (χ0n) is 20.9. The van der Waals surface area contributed by atoms with Crippen LogP contribution in [0.4, 0.5) is 0 Å². The van der Waals surface area contributed by atoms with E-state index >= 15 is 0 Å². The van der Waals surface area contributed by atoms with Gasteiger partial charge in [-0.15, -0.1) is 0 Å². The summed E-state index contributed by atoms with van der Waals surface area (Å²) in [4.78, 5) is 43.9. The third-order valence-corrected chi connectivity index (χ3v) is 7.59. The Hall–Kier alpha value is -3.34. The molecule has 0 radical (unpaired) electrons. The van der Waals surface area contributed by atoms with Crippen LogP contribution in [0.1, 0.15) is 63.4 Å². The molecule has 1 saturated carbocycles. The fraction of sp³-hybridized carbons (Fsp3) is 0.556. The van der Waals surface area contributed by atoms with E-state index in [1.54, 1.807) is 18.1 Å². The Morgan fingerprint density at radius 2 is 2.11 bits per heavy atom. The number of ether oxygens (including phenoxy) is 1. The van der Waals surface area contributed by atoms with E-state index in [2.05, 4.69) is 37.1 Å². The Bertz CT molecular complexity index is 1170. The van der Waals surface area contributed by atoms with Crippen LogP contribution in [0, 0.1) is 28.6 Å². The number of ketones is 1. The van der Waals surface area contributed by atoms with Gasteiger partial charge in [0, 0.05) is 29.8 Å². The topological polar surface area (TPSA) is 115 Å². The Balaban J connectivity index is 1.56. The second kappa shape index (κ2) is 9.73. The molecule has 1 aliphatic carbocycles. The summed E-state index contributed by atoms with van der Waals surface area (Å²) in [5.74, 6) is 0.187. The molecule has 4 atom stereocenters. The molecule has 2 aromatic rings. The number of H-pyrrole nitrogens is 1. The van der Waals surface area contributed by atoms with Gasteiger partial charge in [-0.05, 0) is 55.2 Å². The molecule has 0 spiro atoms. The molecule has 2 fully saturated rings. The van der Waals surface area contributed by atoms with Gasteiger partial charge < -0.3 is 19.9 Å². The fourth-order valence-electron chi connectivity index (χ4n) is 5.35. The molecule has 1 saturated heterocycles. The van der Waals surface area contributed by atoms with Gasteiger partial charge in [0.25, 0.3) is 5.91 Å². The SMILES string of the molecule is COc1cccc2[nH]c(C(=O)N3CC(C(C)(C)C)CC3C(=O)NC(C#N)CC3CCCC3=O)cc12. The zero-order chi connectivity index (χ0) is 25.3. The third kappa shape index (κ3) is 5.04. The number of hydrogen-bond donors (Lipinski definition) is 2. The van der Waals surface area contributed by atoms with Crippen LogP contribution in [0.2, 0.25) is 0 Å². The van der Waals surface area contributed by atoms with Gasteiger partial charge in [-0.1, -0.05) is 26.8 Å². The minimum absolute atomic E-state index is 0.0951. The van der Waals surface area contributed by atoms with Crippen molar-refractivity contribution >= 4 is 28.5 Å². The fourth-order valence-corrected chi connectivity index (χ4v) is 5.35. The number of amides is 2. The third-order valence-electron chi connectivity index (χ3n) is 7.59. The van der Waals surface area contributed by atoms with Crippen LogP contribution in [0.25, 0.3) is 10.9 Å². The number of methoxy groups -OCH3 is 1. The number of nitriles is 1. The van der Waals surface area contributed by atoms with E-state index in [1.807, 2.05) is 18.2 Å². The lowest BCUT2D eigenvalue weighted by molar-refractivity contribution is -0.126. The first-order chi connectivity index (χ1) is 16.6. The molecule has 2 N–H and O–H groups in total. The molecule has 2 amide bonds. The van der Waals surface area contributed by atoms with E-state index in [1.165, 1.54) is 0 Å². The number of likely N-dealkylation sites (tertiary alicyclic amines) is 1. The molecule has 4 rings (SSSR count). The van der Waals surface area contributed by atoms with Crippen molar-refractivity contribution in [3.63, 3.8) is 0 Å². The summed E-state index contributed by atoms with van der Waals surface area (Å²) in [6.45, 7) is 6.78. The molecule has 1 aromatic carbocycles. The summed E-state index contributed by atoms with van der Waals surface area (Å²) < 4.78 is 5.42. The van der Waals surface area contributed by atoms with Crippen molar-refractivity contribution in [1.29, 1.82) is 5.26 Å². The number of aromatic nitrogens is 1. The predicted octanol–water partition coefficient (Wildman–Crippen LogP) is 3.82. The van der Waals surface area contributed by atoms with E-state index in [9.17, 15) is 19.6 Å². The maximum absolute atomic E-state index is 13.6. The molecule has 1 aliphatic heterocycles. The standard InChI is InChI=1S/C27H34N4O4/c1-27(2,3)17-12-22(25(33)29-18(14-28)11-16-7-5-9-23(16)32)31(15-17)26(34)21-13-19-20(30-21)8-6-10-24(19)35-4/h6,8,10,13,16-18,22,30H,5,7,9,11-12,15H2,1-4H3,(H,29,33). The lowest BCUT2D eigenvalue weighted by atomic mass is 9.79. The van der Waals surface area contributed by atoms with Crippen LogP contribution < -0.4 is 10.1 Å². The highest BCUT2D eigenvalue weighted by Crippen LogP contribution is 2.38. The van der Waals surface area contributed by atoms with Gasteiger partial charge in [0.1, 0.15) is 29.3 Å². The minimum Gasteiger partial charge on any atom is -0.496 e. The number of benzene rings is 1. The van der Waals surface area contributed by atoms with E-state index in [0.717, 1.165) is 23.7 Å². The summed E-state index contributed by atoms with van der Waals surface area (Å²) in [6.07, 6.45) is 2.99. The van der Waals surface area contributed by atoms with Crippen molar-refractivity contribution in [3.8, 4) is 11.8 Å². The molecule has 0 bridgehead atoms. The summed E-state index contributed by atoms with van der Waals surface area (Å²) in [5.41, 5.74) is 1.08. The Morgan fingerprint density at radius 1 is 1.34 bits per heavy atom. The van der Waals surface area contributed by atoms with Crippen LogP contribution in [-0.2, 0) is 9.59 Å². The van der Waals surface area contributed by atoms with Gasteiger partial charge >= 0.3 is 0 Å². The lowest BCUT2D eigenvalue weighted by Crippen LogP contribution is -2.49. The van der Waals surface area contributed by atoms with E-state index in [0.29, 0.717) is 37.3 Å². The first kappa shape index (κ1) is 24.8. The Labute approximate surface area is 206 Å². The number of Topliss-reactive ketones (excluding diaryl/α,β-unsaturated/α-hetero) is 1. The highest BCUT2D eigenvalue weighted by Gasteiger charge is 2.44. The summed E-state index contributed by atoms with van der Waals surface area (Å²) in [5, 5.41) is 13.3. The van der Waals surface area contributed by atoms with Crippen LogP contribution in [0.3, 0.4) is 0 Å². The second-order valence-electron chi connectivity index (χ2n) is 10.9. The molecule has 8 nitrogen and oxygen atoms in total. The Morgan fingerprint density at radius 3 is 2.74 bits per heavy atom. The highest BCUT2D eigenvalue weighted by atomic mass is 16.5. The van der Waals surface area contributed by atoms with Gasteiger partial charge in [0.05, 0.1) is 13.2 Å². The maximum atomic E-state index is 13.6. The number of carbonyl (C=O) groups excluding carboxylic acids is 3. The van der Waals surface area contributed by atoms with Crippen molar-refractivity contribution < 1.29 is 19.1 Å². The Kier molecular flexibility index (Phi) is 6.88. The van der Waals surface area contributed by atoms with Crippen molar-refractivity contribution in [2.75, 3.05) is 13.7 Å². The smallest absolute Gasteiger partial charge is 0.270 e. The van der Waals surface area contributed by atoms with Gasteiger partial charge in [-0.25, -0.2) is 0 Å². The normalized spacial score (nSPS) is 23.3. The number of nitrogens with one attached hydrogen (secondary N) is 2. The molecule has 35 heavy (non-hydrogen) atoms. The molecule has 1 aromatic heterocycles. The molecular weight excluding hydrogens is 444 g/mol. The van der Waals surface area contributed by atoms with Crippen LogP contribution in [-0.4, -0.2) is 53.2 Å². The van der Waals surface area contributed by atoms with E-state index in [-0.39, 0.29) is 34.8 Å². The second-order valence-corrected chi connectivity index (χ2v) is 10.9. The number of hydrogen-bond acceptors (Lipinski definition) is 5. The predicted molar refractivity (Wildman–Crippen MR) is 132 cm³/mol. The van der Waals surface area contributed by atoms with Gasteiger partial charge in [-0.2, -0.15) is 5.26 Å². The van der Waals surface area contributed by atoms with E-state index in [4.69, 9.17) is 4.74 Å². The highest BCUT2D eigenvalue weighted by molar-refractivity contribution is 6.01. The molecule has 2 heterocycles. The number of nitrogens with zero attached hydrogens (tertiary/aromatic N) is 2. The van der Waals surface area contributed by atoms with Crippen molar-refractivity contribution in [2.24, 2.45) is 17.3 Å². The molecule has 4 unspecified atom stereocenters. The number of rotatable bonds is 6. The van der Waals surface area contributed by atoms with Crippen LogP contribution in [0.5, 0.6) is 5.75 Å². The van der Waals surface area contributed by atoms with Crippen LogP contribution >= 0.6 is 0 Å². The lowest BCUT2D eigenvalue weighted by Gasteiger charge is -2.26. The minimum atomic E-state index is -0.752. The average Bonchev–Trinajstić information content (AvgIpc) is 3.55. The van der Waals surface area contributed by atoms with Gasteiger partial charge in [0.15, 0.2) is 0 Å². The van der Waals surface area contributed by atoms with Crippen LogP contribution in [0.15, 0.2) is 24.3 Å². The first-order valence-electron chi connectivity index (χ1n) is 12.3. The summed E-state index contributed by atoms with van der Waals surface area (Å²) in [6, 6.07) is 8.04. The number of carbonyl (C=O) groups is 3. The molecular formula is C27H34N4O4. The summed E-state index contributed by atoms with van der Waals surface area (Å²) in [7, 11) is 1.59. The summed E-state index contributed by atoms with van der Waals surface area (Å²) >= 11 is 0. The molecule has 2 aliphatic rings. The first-order valence-corrected chi connectivity index (χ1v) is 12.3. The molecule has 186 valence electrons. The maximum Gasteiger partial charge on any atom is 0.270 e. The van der Waals surface area contributed by atoms with Gasteiger partial charge in [0.2, 0.25) is 5.91 Å². The number of aromatic amines is 1. The zero-order valence-corrected chi connectivity index (χ0v) is 20.9. The van der Waals surface area contributed by atoms with Gasteiger partial charge in [-0.3, -0.25) is 14.4 Å². The average molecular weight is 479 g/mol. The number of fused-ring (bicyclic) bond motifs is 1. The quantitative estimate of drug-likeness (QED) is 0.655. The molecule has 8 heteroatoms. The van der Waals surface area contributed by atoms with E-state index < -0.39 is 12.1 Å². The largest absolute Gasteiger partial charge is 0.496 e. The van der Waals surface area contributed by atoms with Crippen molar-refractivity contribution in [2.45, 2.75) is 65.0 Å². The monoisotopic (exact) mass is 478 g/mol. The van der Waals surface area contributed by atoms with Crippen molar-refractivity contribution in [3.05, 3.63) is 30.0 Å². The van der Waals surface area contributed by atoms with Crippen molar-refractivity contribution in [1.82, 2.24) is 15.2 Å².